The van der Waals surface area contributed by atoms with E-state index in [0.717, 1.165) is 5.56 Å². The van der Waals surface area contributed by atoms with Gasteiger partial charge in [0.05, 0.1) is 6.61 Å². The maximum atomic E-state index is 13.0. The van der Waals surface area contributed by atoms with E-state index in [2.05, 4.69) is 0 Å². The number of carbonyl (C=O) groups excluding carboxylic acids is 3. The van der Waals surface area contributed by atoms with Crippen molar-refractivity contribution in [1.29, 1.82) is 0 Å². The number of Topliss-reactive ketones (excluding diaryl/α,β-unsaturated/α-hetero) is 1. The fourth-order valence-electron chi connectivity index (χ4n) is 3.89. The van der Waals surface area contributed by atoms with Crippen molar-refractivity contribution < 1.29 is 19.1 Å². The fourth-order valence-corrected chi connectivity index (χ4v) is 6.88. The minimum atomic E-state index is -1.28. The highest BCUT2D eigenvalue weighted by atomic mass is 32.2. The first-order valence-electron chi connectivity index (χ1n) is 8.12. The summed E-state index contributed by atoms with van der Waals surface area (Å²) in [5.41, 5.74) is -0.308. The van der Waals surface area contributed by atoms with Gasteiger partial charge in [-0.15, -0.1) is 23.5 Å². The molecule has 1 saturated carbocycles. The van der Waals surface area contributed by atoms with Gasteiger partial charge in [-0.3, -0.25) is 14.4 Å². The van der Waals surface area contributed by atoms with E-state index >= 15 is 0 Å². The average molecular weight is 375 g/mol. The van der Waals surface area contributed by atoms with E-state index in [9.17, 15) is 14.4 Å². The molecular formula is C18H17NO4S2. The van der Waals surface area contributed by atoms with E-state index in [4.69, 9.17) is 4.74 Å². The zero-order valence-electron chi connectivity index (χ0n) is 13.6. The summed E-state index contributed by atoms with van der Waals surface area (Å²) >= 11 is 2.81. The van der Waals surface area contributed by atoms with Crippen LogP contribution in [0.1, 0.15) is 12.5 Å². The van der Waals surface area contributed by atoms with Crippen LogP contribution in [0.4, 0.5) is 0 Å². The lowest BCUT2D eigenvalue weighted by atomic mass is 9.55. The number of ether oxygens (including phenoxy) is 1. The van der Waals surface area contributed by atoms with E-state index in [-0.39, 0.29) is 24.8 Å². The molecule has 2 bridgehead atoms. The number of ketones is 1. The summed E-state index contributed by atoms with van der Waals surface area (Å²) in [6.07, 6.45) is 0. The third-order valence-electron chi connectivity index (χ3n) is 5.03. The summed E-state index contributed by atoms with van der Waals surface area (Å²) < 4.78 is 4.48. The topological polar surface area (TPSA) is 63.7 Å². The molecule has 1 amide bonds. The Hall–Kier alpha value is -1.73. The van der Waals surface area contributed by atoms with Crippen LogP contribution >= 0.6 is 23.5 Å². The molecule has 4 aliphatic rings. The van der Waals surface area contributed by atoms with Crippen molar-refractivity contribution >= 4 is 41.2 Å². The van der Waals surface area contributed by atoms with Crippen LogP contribution in [0.15, 0.2) is 41.1 Å². The molecule has 3 fully saturated rings. The Balaban J connectivity index is 1.70. The van der Waals surface area contributed by atoms with Crippen LogP contribution in [0.3, 0.4) is 0 Å². The smallest absolute Gasteiger partial charge is 0.323 e. The first kappa shape index (κ1) is 16.7. The van der Waals surface area contributed by atoms with E-state index in [1.165, 1.54) is 23.5 Å². The number of piperidine rings is 2. The molecule has 0 N–H and O–H groups in total. The molecular weight excluding hydrogens is 358 g/mol. The molecule has 1 spiro atoms. The van der Waals surface area contributed by atoms with Gasteiger partial charge in [0, 0.05) is 13.1 Å². The molecule has 1 aromatic carbocycles. The first-order valence-corrected chi connectivity index (χ1v) is 9.87. The molecule has 25 heavy (non-hydrogen) atoms. The zero-order valence-corrected chi connectivity index (χ0v) is 15.3. The molecule has 5 rings (SSSR count). The third-order valence-corrected chi connectivity index (χ3v) is 8.19. The van der Waals surface area contributed by atoms with Crippen molar-refractivity contribution in [3.63, 3.8) is 0 Å². The van der Waals surface area contributed by atoms with Gasteiger partial charge in [-0.25, -0.2) is 0 Å². The Morgan fingerprint density at radius 2 is 1.92 bits per heavy atom. The van der Waals surface area contributed by atoms with Crippen molar-refractivity contribution in [3.8, 4) is 0 Å². The molecule has 2 atom stereocenters. The minimum Gasteiger partial charge on any atom is -0.465 e. The van der Waals surface area contributed by atoms with Crippen molar-refractivity contribution in [1.82, 2.24) is 4.90 Å². The molecule has 7 heteroatoms. The van der Waals surface area contributed by atoms with E-state index in [1.54, 1.807) is 11.8 Å². The summed E-state index contributed by atoms with van der Waals surface area (Å²) in [4.78, 5) is 40.2. The molecule has 2 saturated heterocycles. The van der Waals surface area contributed by atoms with Crippen LogP contribution in [0.25, 0.3) is 0 Å². The van der Waals surface area contributed by atoms with Crippen molar-refractivity contribution in [2.24, 2.45) is 11.3 Å². The molecule has 5 nitrogen and oxygen atoms in total. The quantitative estimate of drug-likeness (QED) is 0.595. The monoisotopic (exact) mass is 375 g/mol. The van der Waals surface area contributed by atoms with Gasteiger partial charge in [0.2, 0.25) is 5.91 Å². The Morgan fingerprint density at radius 1 is 1.24 bits per heavy atom. The molecule has 1 aliphatic carbocycles. The number of amides is 1. The zero-order chi connectivity index (χ0) is 17.7. The van der Waals surface area contributed by atoms with Gasteiger partial charge in [0.15, 0.2) is 11.2 Å². The Morgan fingerprint density at radius 3 is 2.56 bits per heavy atom. The summed E-state index contributed by atoms with van der Waals surface area (Å²) in [7, 11) is 0. The lowest BCUT2D eigenvalue weighted by molar-refractivity contribution is -0.186. The first-order chi connectivity index (χ1) is 12.1. The number of fused-ring (bicyclic) bond motifs is 2. The predicted molar refractivity (Wildman–Crippen MR) is 96.5 cm³/mol. The second kappa shape index (κ2) is 5.92. The standard InChI is InChI=1S/C18H17NO4S2/c1-2-23-16(22)17-11-19(10-12-6-4-3-5-7-12)15(21)13(14(17)20)18(17)24-8-9-25-18/h3-9,13H,2,10-11H2,1H3. The number of hydrogen-bond donors (Lipinski definition) is 0. The lowest BCUT2D eigenvalue weighted by Gasteiger charge is -2.62. The number of thioether (sulfide) groups is 2. The highest BCUT2D eigenvalue weighted by Crippen LogP contribution is 2.71. The minimum absolute atomic E-state index is 0.0799. The van der Waals surface area contributed by atoms with Crippen LogP contribution < -0.4 is 0 Å². The normalized spacial score (nSPS) is 29.0. The maximum absolute atomic E-state index is 13.0. The fraction of sp³-hybridized carbons (Fsp3) is 0.389. The molecule has 130 valence electrons. The van der Waals surface area contributed by atoms with E-state index in [1.807, 2.05) is 41.1 Å². The highest BCUT2D eigenvalue weighted by Gasteiger charge is 2.83. The van der Waals surface area contributed by atoms with Crippen LogP contribution in [-0.4, -0.2) is 39.8 Å². The van der Waals surface area contributed by atoms with Crippen LogP contribution in [0, 0.1) is 11.3 Å². The van der Waals surface area contributed by atoms with E-state index < -0.39 is 21.4 Å². The van der Waals surface area contributed by atoms with Gasteiger partial charge in [-0.2, -0.15) is 0 Å². The number of benzene rings is 1. The van der Waals surface area contributed by atoms with Crippen LogP contribution in [0.2, 0.25) is 0 Å². The maximum Gasteiger partial charge on any atom is 0.323 e. The Bertz CT molecular complexity index is 771. The third kappa shape index (κ3) is 2.08. The van der Waals surface area contributed by atoms with Crippen molar-refractivity contribution in [2.45, 2.75) is 17.5 Å². The summed E-state index contributed by atoms with van der Waals surface area (Å²) in [6, 6.07) is 9.59. The molecule has 1 aromatic rings. The molecule has 3 aliphatic heterocycles. The summed E-state index contributed by atoms with van der Waals surface area (Å²) in [5, 5.41) is 3.72. The second-order valence-corrected chi connectivity index (χ2v) is 8.84. The summed E-state index contributed by atoms with van der Waals surface area (Å²) in [6.45, 7) is 2.41. The SMILES string of the molecule is CCOC(=O)C12CN(Cc3ccccc3)C(=O)C(C1=O)C21SC=CS1. The van der Waals surface area contributed by atoms with Gasteiger partial charge in [-0.05, 0) is 23.3 Å². The lowest BCUT2D eigenvalue weighted by Crippen LogP contribution is -2.81. The van der Waals surface area contributed by atoms with Gasteiger partial charge in [0.1, 0.15) is 10.00 Å². The number of nitrogens with zero attached hydrogens (tertiary/aromatic N) is 1. The van der Waals surface area contributed by atoms with Gasteiger partial charge >= 0.3 is 5.97 Å². The number of esters is 1. The largest absolute Gasteiger partial charge is 0.465 e. The number of hydrogen-bond acceptors (Lipinski definition) is 6. The van der Waals surface area contributed by atoms with Gasteiger partial charge in [-0.1, -0.05) is 30.3 Å². The number of rotatable bonds is 4. The van der Waals surface area contributed by atoms with E-state index in [0.29, 0.717) is 6.54 Å². The molecule has 0 aromatic heterocycles. The Kier molecular flexibility index (Phi) is 3.96. The highest BCUT2D eigenvalue weighted by molar-refractivity contribution is 8.24. The predicted octanol–water partition coefficient (Wildman–Crippen LogP) is 2.42. The molecule has 2 unspecified atom stereocenters. The number of carbonyl (C=O) groups is 3. The second-order valence-electron chi connectivity index (χ2n) is 6.28. The van der Waals surface area contributed by atoms with Gasteiger partial charge in [0.25, 0.3) is 0 Å². The molecule has 0 radical (unpaired) electrons. The van der Waals surface area contributed by atoms with Crippen molar-refractivity contribution in [3.05, 3.63) is 46.7 Å². The molecule has 3 heterocycles. The summed E-state index contributed by atoms with van der Waals surface area (Å²) in [5.74, 6) is -1.78. The van der Waals surface area contributed by atoms with Crippen LogP contribution in [-0.2, 0) is 25.7 Å². The van der Waals surface area contributed by atoms with Gasteiger partial charge < -0.3 is 9.64 Å². The van der Waals surface area contributed by atoms with Crippen LogP contribution in [0.5, 0.6) is 0 Å². The van der Waals surface area contributed by atoms with Crippen molar-refractivity contribution in [2.75, 3.05) is 13.2 Å². The Labute approximate surface area is 154 Å². The average Bonchev–Trinajstić information content (AvgIpc) is 3.10.